The highest BCUT2D eigenvalue weighted by atomic mass is 16.4. The molecular formula is C11H20N2O3. The lowest BCUT2D eigenvalue weighted by atomic mass is 10.1. The van der Waals surface area contributed by atoms with Crippen molar-refractivity contribution in [3.05, 3.63) is 0 Å². The van der Waals surface area contributed by atoms with E-state index < -0.39 is 6.09 Å². The number of carboxylic acid groups (broad SMARTS) is 1. The summed E-state index contributed by atoms with van der Waals surface area (Å²) in [5, 5.41) is 10.6. The van der Waals surface area contributed by atoms with Crippen LogP contribution in [-0.2, 0) is 4.79 Å². The summed E-state index contributed by atoms with van der Waals surface area (Å²) in [6.45, 7) is 1.86. The summed E-state index contributed by atoms with van der Waals surface area (Å²) in [6, 6.07) is 0. The number of carbonyl (C=O) groups is 2. The molecule has 0 unspecified atom stereocenters. The molecule has 5 heteroatoms. The molecule has 0 saturated carbocycles. The van der Waals surface area contributed by atoms with Gasteiger partial charge in [0.2, 0.25) is 5.91 Å². The smallest absolute Gasteiger partial charge is 0.404 e. The number of hydrogen-bond acceptors (Lipinski definition) is 2. The van der Waals surface area contributed by atoms with Gasteiger partial charge in [0.25, 0.3) is 0 Å². The Hall–Kier alpha value is -1.26. The SMILES string of the molecule is O=C(O)NCCC(=O)N1CCCCCCC1. The zero-order valence-electron chi connectivity index (χ0n) is 9.57. The standard InChI is InChI=1S/C11H20N2O3/c14-10(6-7-12-11(15)16)13-8-4-2-1-3-5-9-13/h12H,1-9H2,(H,15,16). The van der Waals surface area contributed by atoms with Gasteiger partial charge in [-0.15, -0.1) is 0 Å². The van der Waals surface area contributed by atoms with Gasteiger partial charge >= 0.3 is 6.09 Å². The minimum absolute atomic E-state index is 0.0654. The highest BCUT2D eigenvalue weighted by Gasteiger charge is 2.14. The van der Waals surface area contributed by atoms with Crippen molar-refractivity contribution in [2.45, 2.75) is 38.5 Å². The second-order valence-electron chi connectivity index (χ2n) is 4.13. The van der Waals surface area contributed by atoms with Crippen molar-refractivity contribution >= 4 is 12.0 Å². The molecule has 1 heterocycles. The molecule has 1 saturated heterocycles. The van der Waals surface area contributed by atoms with Gasteiger partial charge in [0.05, 0.1) is 0 Å². The van der Waals surface area contributed by atoms with Crippen LogP contribution in [-0.4, -0.2) is 41.6 Å². The first-order valence-electron chi connectivity index (χ1n) is 5.95. The number of rotatable bonds is 3. The van der Waals surface area contributed by atoms with E-state index >= 15 is 0 Å². The van der Waals surface area contributed by atoms with E-state index in [0.29, 0.717) is 0 Å². The van der Waals surface area contributed by atoms with E-state index in [1.807, 2.05) is 4.90 Å². The first-order chi connectivity index (χ1) is 7.70. The first kappa shape index (κ1) is 12.8. The van der Waals surface area contributed by atoms with E-state index in [-0.39, 0.29) is 18.9 Å². The zero-order chi connectivity index (χ0) is 11.8. The third-order valence-corrected chi connectivity index (χ3v) is 2.82. The Morgan fingerprint density at radius 1 is 1.06 bits per heavy atom. The predicted octanol–water partition coefficient (Wildman–Crippen LogP) is 1.44. The third-order valence-electron chi connectivity index (χ3n) is 2.82. The number of carbonyl (C=O) groups excluding carboxylic acids is 1. The van der Waals surface area contributed by atoms with Crippen molar-refractivity contribution in [3.63, 3.8) is 0 Å². The summed E-state index contributed by atoms with van der Waals surface area (Å²) in [5.41, 5.74) is 0. The van der Waals surface area contributed by atoms with Crippen molar-refractivity contribution in [1.29, 1.82) is 0 Å². The summed E-state index contributed by atoms with van der Waals surface area (Å²) in [7, 11) is 0. The van der Waals surface area contributed by atoms with Crippen LogP contribution in [0.25, 0.3) is 0 Å². The van der Waals surface area contributed by atoms with Crippen molar-refractivity contribution in [3.8, 4) is 0 Å². The van der Waals surface area contributed by atoms with E-state index in [2.05, 4.69) is 5.32 Å². The molecule has 0 aliphatic carbocycles. The maximum atomic E-state index is 11.7. The largest absolute Gasteiger partial charge is 0.465 e. The number of nitrogens with one attached hydrogen (secondary N) is 1. The second kappa shape index (κ2) is 7.09. The molecule has 0 atom stereocenters. The highest BCUT2D eigenvalue weighted by molar-refractivity contribution is 5.77. The summed E-state index contributed by atoms with van der Waals surface area (Å²) in [5.74, 6) is 0.0654. The molecule has 0 bridgehead atoms. The van der Waals surface area contributed by atoms with Crippen LogP contribution >= 0.6 is 0 Å². The molecule has 0 aromatic rings. The quantitative estimate of drug-likeness (QED) is 0.767. The van der Waals surface area contributed by atoms with Crippen molar-refractivity contribution in [2.75, 3.05) is 19.6 Å². The minimum atomic E-state index is -1.07. The average Bonchev–Trinajstić information content (AvgIpc) is 2.15. The molecule has 5 nitrogen and oxygen atoms in total. The van der Waals surface area contributed by atoms with Crippen LogP contribution in [0.15, 0.2) is 0 Å². The van der Waals surface area contributed by atoms with Gasteiger partial charge in [0.15, 0.2) is 0 Å². The van der Waals surface area contributed by atoms with E-state index in [4.69, 9.17) is 5.11 Å². The Morgan fingerprint density at radius 2 is 1.62 bits per heavy atom. The van der Waals surface area contributed by atoms with E-state index in [1.54, 1.807) is 0 Å². The predicted molar refractivity (Wildman–Crippen MR) is 60.3 cm³/mol. The molecule has 16 heavy (non-hydrogen) atoms. The number of amides is 2. The highest BCUT2D eigenvalue weighted by Crippen LogP contribution is 2.11. The van der Waals surface area contributed by atoms with Crippen LogP contribution in [0.5, 0.6) is 0 Å². The first-order valence-corrected chi connectivity index (χ1v) is 5.95. The third kappa shape index (κ3) is 5.00. The van der Waals surface area contributed by atoms with Gasteiger partial charge in [-0.1, -0.05) is 19.3 Å². The van der Waals surface area contributed by atoms with Gasteiger partial charge in [-0.25, -0.2) is 4.79 Å². The zero-order valence-corrected chi connectivity index (χ0v) is 9.57. The van der Waals surface area contributed by atoms with Crippen LogP contribution in [0.3, 0.4) is 0 Å². The van der Waals surface area contributed by atoms with Crippen LogP contribution in [0.2, 0.25) is 0 Å². The number of hydrogen-bond donors (Lipinski definition) is 2. The molecule has 1 rings (SSSR count). The number of nitrogens with zero attached hydrogens (tertiary/aromatic N) is 1. The van der Waals surface area contributed by atoms with E-state index in [0.717, 1.165) is 25.9 Å². The summed E-state index contributed by atoms with van der Waals surface area (Å²) >= 11 is 0. The van der Waals surface area contributed by atoms with Crippen molar-refractivity contribution in [2.24, 2.45) is 0 Å². The lowest BCUT2D eigenvalue weighted by Gasteiger charge is -2.24. The fourth-order valence-corrected chi connectivity index (χ4v) is 1.93. The van der Waals surface area contributed by atoms with Crippen LogP contribution in [0.1, 0.15) is 38.5 Å². The van der Waals surface area contributed by atoms with Gasteiger partial charge in [0, 0.05) is 26.1 Å². The molecular weight excluding hydrogens is 208 g/mol. The summed E-state index contributed by atoms with van der Waals surface area (Å²) in [6.07, 6.45) is 4.99. The van der Waals surface area contributed by atoms with Gasteiger partial charge < -0.3 is 15.3 Å². The Morgan fingerprint density at radius 3 is 2.19 bits per heavy atom. The maximum absolute atomic E-state index is 11.7. The van der Waals surface area contributed by atoms with Crippen LogP contribution in [0, 0.1) is 0 Å². The van der Waals surface area contributed by atoms with Crippen molar-refractivity contribution < 1.29 is 14.7 Å². The van der Waals surface area contributed by atoms with Gasteiger partial charge in [-0.2, -0.15) is 0 Å². The van der Waals surface area contributed by atoms with Crippen LogP contribution < -0.4 is 5.32 Å². The molecule has 2 amide bonds. The Bertz CT molecular complexity index is 235. The molecule has 1 aliphatic heterocycles. The molecule has 0 spiro atoms. The Balaban J connectivity index is 2.24. The molecule has 0 aromatic carbocycles. The molecule has 0 radical (unpaired) electrons. The van der Waals surface area contributed by atoms with Gasteiger partial charge in [-0.05, 0) is 12.8 Å². The minimum Gasteiger partial charge on any atom is -0.465 e. The molecule has 2 N–H and O–H groups in total. The van der Waals surface area contributed by atoms with Crippen molar-refractivity contribution in [1.82, 2.24) is 10.2 Å². The lowest BCUT2D eigenvalue weighted by molar-refractivity contribution is -0.131. The van der Waals surface area contributed by atoms with E-state index in [1.165, 1.54) is 19.3 Å². The summed E-state index contributed by atoms with van der Waals surface area (Å²) < 4.78 is 0. The van der Waals surface area contributed by atoms with Crippen LogP contribution in [0.4, 0.5) is 4.79 Å². The Labute approximate surface area is 95.8 Å². The normalized spacial score (nSPS) is 17.4. The molecule has 1 fully saturated rings. The molecule has 0 aromatic heterocycles. The average molecular weight is 228 g/mol. The maximum Gasteiger partial charge on any atom is 0.404 e. The van der Waals surface area contributed by atoms with E-state index in [9.17, 15) is 9.59 Å². The monoisotopic (exact) mass is 228 g/mol. The number of likely N-dealkylation sites (tertiary alicyclic amines) is 1. The van der Waals surface area contributed by atoms with Gasteiger partial charge in [-0.3, -0.25) is 4.79 Å². The Kier molecular flexibility index (Phi) is 5.67. The lowest BCUT2D eigenvalue weighted by Crippen LogP contribution is -2.36. The molecule has 1 aliphatic rings. The fourth-order valence-electron chi connectivity index (χ4n) is 1.93. The topological polar surface area (TPSA) is 69.6 Å². The molecule has 92 valence electrons. The summed E-state index contributed by atoms with van der Waals surface area (Å²) in [4.78, 5) is 23.8. The van der Waals surface area contributed by atoms with Gasteiger partial charge in [0.1, 0.15) is 0 Å². The fraction of sp³-hybridized carbons (Fsp3) is 0.818. The second-order valence-corrected chi connectivity index (χ2v) is 4.13.